The van der Waals surface area contributed by atoms with Crippen LogP contribution in [0, 0.1) is 0 Å². The van der Waals surface area contributed by atoms with Gasteiger partial charge in [0, 0.05) is 44.7 Å². The summed E-state index contributed by atoms with van der Waals surface area (Å²) < 4.78 is 9.25. The first-order valence-electron chi connectivity index (χ1n) is 18.8. The minimum absolute atomic E-state index is 0.847. The van der Waals surface area contributed by atoms with Crippen molar-refractivity contribution in [1.29, 1.82) is 0 Å². The van der Waals surface area contributed by atoms with E-state index in [4.69, 9.17) is 4.42 Å². The lowest BCUT2D eigenvalue weighted by molar-refractivity contribution is 0.666. The second-order valence-corrected chi connectivity index (χ2v) is 14.2. The molecular formula is C52H34N2O. The molecule has 2 aromatic heterocycles. The number of fused-ring (bicyclic) bond motifs is 7. The van der Waals surface area contributed by atoms with E-state index in [1.807, 2.05) is 0 Å². The second-order valence-electron chi connectivity index (χ2n) is 14.2. The van der Waals surface area contributed by atoms with Crippen molar-refractivity contribution in [2.24, 2.45) is 0 Å². The number of para-hydroxylation sites is 3. The molecule has 0 radical (unpaired) electrons. The van der Waals surface area contributed by atoms with Gasteiger partial charge in [0.25, 0.3) is 0 Å². The van der Waals surface area contributed by atoms with Crippen molar-refractivity contribution in [3.8, 4) is 27.9 Å². The highest BCUT2D eigenvalue weighted by Gasteiger charge is 2.20. The standard InChI is InChI=1S/C52H34N2O/c1-2-11-35(12-3-1)37-23-27-41(28-24-37)53(42-29-25-38(26-30-42)40-22-21-36-13-4-5-14-39(36)33-40)43-31-32-46-47-17-10-20-50(52(47)55-51(46)34-43)54-48-18-8-6-15-44(48)45-16-7-9-19-49(45)54/h1-34H. The van der Waals surface area contributed by atoms with Crippen LogP contribution >= 0.6 is 0 Å². The highest BCUT2D eigenvalue weighted by molar-refractivity contribution is 6.13. The Labute approximate surface area is 318 Å². The Bertz CT molecular complexity index is 3140. The first-order valence-corrected chi connectivity index (χ1v) is 18.8. The molecule has 0 amide bonds. The summed E-state index contributed by atoms with van der Waals surface area (Å²) in [7, 11) is 0. The fourth-order valence-corrected chi connectivity index (χ4v) is 8.32. The van der Waals surface area contributed by atoms with Gasteiger partial charge < -0.3 is 13.9 Å². The highest BCUT2D eigenvalue weighted by Crippen LogP contribution is 2.42. The monoisotopic (exact) mass is 702 g/mol. The van der Waals surface area contributed by atoms with Gasteiger partial charge >= 0.3 is 0 Å². The van der Waals surface area contributed by atoms with Gasteiger partial charge in [0.15, 0.2) is 5.58 Å². The third-order valence-electron chi connectivity index (χ3n) is 11.0. The van der Waals surface area contributed by atoms with E-state index in [0.717, 1.165) is 55.7 Å². The van der Waals surface area contributed by atoms with Gasteiger partial charge in [0.05, 0.1) is 16.7 Å². The molecule has 0 spiro atoms. The largest absolute Gasteiger partial charge is 0.454 e. The smallest absolute Gasteiger partial charge is 0.159 e. The summed E-state index contributed by atoms with van der Waals surface area (Å²) in [5.74, 6) is 0. The molecule has 0 N–H and O–H groups in total. The molecule has 11 aromatic rings. The number of benzene rings is 9. The number of rotatable bonds is 6. The Kier molecular flexibility index (Phi) is 7.17. The molecule has 0 saturated heterocycles. The Hall–Kier alpha value is -7.36. The van der Waals surface area contributed by atoms with Crippen LogP contribution in [0.5, 0.6) is 0 Å². The molecule has 0 fully saturated rings. The summed E-state index contributed by atoms with van der Waals surface area (Å²) in [6.45, 7) is 0. The number of aromatic nitrogens is 1. The number of hydrogen-bond donors (Lipinski definition) is 0. The average Bonchev–Trinajstić information content (AvgIpc) is 3.80. The quantitative estimate of drug-likeness (QED) is 0.172. The van der Waals surface area contributed by atoms with Crippen LogP contribution < -0.4 is 4.90 Å². The molecule has 55 heavy (non-hydrogen) atoms. The summed E-state index contributed by atoms with van der Waals surface area (Å²) in [5, 5.41) is 7.13. The summed E-state index contributed by atoms with van der Waals surface area (Å²) in [6.07, 6.45) is 0. The van der Waals surface area contributed by atoms with E-state index in [0.29, 0.717) is 0 Å². The third-order valence-corrected chi connectivity index (χ3v) is 11.0. The van der Waals surface area contributed by atoms with Gasteiger partial charge in [0.2, 0.25) is 0 Å². The molecule has 2 heterocycles. The van der Waals surface area contributed by atoms with E-state index in [-0.39, 0.29) is 0 Å². The first kappa shape index (κ1) is 31.2. The molecule has 11 rings (SSSR count). The minimum atomic E-state index is 0.847. The fourth-order valence-electron chi connectivity index (χ4n) is 8.32. The summed E-state index contributed by atoms with van der Waals surface area (Å²) in [6, 6.07) is 73.8. The van der Waals surface area contributed by atoms with Gasteiger partial charge in [-0.15, -0.1) is 0 Å². The van der Waals surface area contributed by atoms with E-state index in [1.165, 1.54) is 43.8 Å². The minimum Gasteiger partial charge on any atom is -0.454 e. The Morgan fingerprint density at radius 2 is 0.891 bits per heavy atom. The van der Waals surface area contributed by atoms with Crippen LogP contribution in [0.15, 0.2) is 211 Å². The lowest BCUT2D eigenvalue weighted by Crippen LogP contribution is -2.09. The maximum atomic E-state index is 6.91. The lowest BCUT2D eigenvalue weighted by Gasteiger charge is -2.26. The van der Waals surface area contributed by atoms with Crippen LogP contribution in [0.1, 0.15) is 0 Å². The van der Waals surface area contributed by atoms with Gasteiger partial charge in [-0.3, -0.25) is 0 Å². The molecule has 9 aromatic carbocycles. The Morgan fingerprint density at radius 3 is 1.60 bits per heavy atom. The van der Waals surface area contributed by atoms with E-state index >= 15 is 0 Å². The zero-order valence-electron chi connectivity index (χ0n) is 29.9. The molecule has 0 aliphatic heterocycles. The van der Waals surface area contributed by atoms with Crippen molar-refractivity contribution in [2.45, 2.75) is 0 Å². The molecule has 0 atom stereocenters. The van der Waals surface area contributed by atoms with Crippen LogP contribution in [0.2, 0.25) is 0 Å². The summed E-state index contributed by atoms with van der Waals surface area (Å²) >= 11 is 0. The second kappa shape index (κ2) is 12.6. The summed E-state index contributed by atoms with van der Waals surface area (Å²) in [4.78, 5) is 2.32. The van der Waals surface area contributed by atoms with Crippen molar-refractivity contribution in [3.05, 3.63) is 206 Å². The van der Waals surface area contributed by atoms with E-state index in [1.54, 1.807) is 0 Å². The third kappa shape index (κ3) is 5.20. The maximum Gasteiger partial charge on any atom is 0.159 e. The first-order chi connectivity index (χ1) is 27.3. The fraction of sp³-hybridized carbons (Fsp3) is 0. The van der Waals surface area contributed by atoms with Crippen molar-refractivity contribution in [2.75, 3.05) is 4.90 Å². The van der Waals surface area contributed by atoms with Crippen LogP contribution in [0.4, 0.5) is 17.1 Å². The zero-order valence-corrected chi connectivity index (χ0v) is 29.9. The van der Waals surface area contributed by atoms with E-state index in [2.05, 4.69) is 216 Å². The molecule has 0 unspecified atom stereocenters. The number of furan rings is 1. The van der Waals surface area contributed by atoms with Crippen LogP contribution in [0.25, 0.3) is 82.5 Å². The molecule has 3 heteroatoms. The SMILES string of the molecule is c1ccc(-c2ccc(N(c3ccc(-c4ccc5ccccc5c4)cc3)c3ccc4c(c3)oc3c(-n5c6ccccc6c6ccccc65)cccc34)cc2)cc1. The van der Waals surface area contributed by atoms with E-state index < -0.39 is 0 Å². The maximum absolute atomic E-state index is 6.91. The van der Waals surface area contributed by atoms with Gasteiger partial charge in [-0.05, 0) is 93.7 Å². The van der Waals surface area contributed by atoms with E-state index in [9.17, 15) is 0 Å². The Morgan fingerprint density at radius 1 is 0.345 bits per heavy atom. The molecule has 0 aliphatic carbocycles. The van der Waals surface area contributed by atoms with Gasteiger partial charge in [0.1, 0.15) is 5.58 Å². The predicted octanol–water partition coefficient (Wildman–Crippen LogP) is 14.6. The van der Waals surface area contributed by atoms with Gasteiger partial charge in [-0.2, -0.15) is 0 Å². The molecule has 3 nitrogen and oxygen atoms in total. The van der Waals surface area contributed by atoms with Crippen molar-refractivity contribution >= 4 is 71.6 Å². The highest BCUT2D eigenvalue weighted by atomic mass is 16.3. The lowest BCUT2D eigenvalue weighted by atomic mass is 10.0. The molecule has 0 aliphatic rings. The predicted molar refractivity (Wildman–Crippen MR) is 231 cm³/mol. The average molecular weight is 703 g/mol. The molecule has 258 valence electrons. The van der Waals surface area contributed by atoms with Crippen molar-refractivity contribution in [3.63, 3.8) is 0 Å². The number of anilines is 3. The number of nitrogens with zero attached hydrogens (tertiary/aromatic N) is 2. The van der Waals surface area contributed by atoms with Gasteiger partial charge in [-0.25, -0.2) is 0 Å². The zero-order chi connectivity index (χ0) is 36.3. The normalized spacial score (nSPS) is 11.6. The summed E-state index contributed by atoms with van der Waals surface area (Å²) in [5.41, 5.74) is 13.0. The van der Waals surface area contributed by atoms with Crippen LogP contribution in [0.3, 0.4) is 0 Å². The van der Waals surface area contributed by atoms with Gasteiger partial charge in [-0.1, -0.05) is 140 Å². The van der Waals surface area contributed by atoms with Crippen molar-refractivity contribution < 1.29 is 4.42 Å². The van der Waals surface area contributed by atoms with Crippen LogP contribution in [-0.4, -0.2) is 4.57 Å². The molecular weight excluding hydrogens is 669 g/mol. The van der Waals surface area contributed by atoms with Crippen LogP contribution in [-0.2, 0) is 0 Å². The molecule has 0 bridgehead atoms. The Balaban J connectivity index is 1.05. The topological polar surface area (TPSA) is 21.3 Å². The molecule has 0 saturated carbocycles. The number of hydrogen-bond acceptors (Lipinski definition) is 2. The van der Waals surface area contributed by atoms with Crippen molar-refractivity contribution in [1.82, 2.24) is 4.57 Å².